The molecule has 0 atom stereocenters. The number of hydrogen-bond acceptors (Lipinski definition) is 9. The van der Waals surface area contributed by atoms with Gasteiger partial charge >= 0.3 is 29.9 Å². The third-order valence-electron chi connectivity index (χ3n) is 5.40. The van der Waals surface area contributed by atoms with Gasteiger partial charge in [-0.05, 0) is 0 Å². The number of nitro benzene ring substituents is 3. The van der Waals surface area contributed by atoms with Gasteiger partial charge in [-0.2, -0.15) is 39.5 Å². The number of rotatable bonds is 8. The molecule has 21 heteroatoms. The summed E-state index contributed by atoms with van der Waals surface area (Å²) in [5, 5.41) is 33.9. The lowest BCUT2D eigenvalue weighted by atomic mass is 9.97. The Balaban J connectivity index is 2.17. The van der Waals surface area contributed by atoms with Crippen molar-refractivity contribution in [1.82, 2.24) is 0 Å². The van der Waals surface area contributed by atoms with Crippen LogP contribution in [0.5, 0.6) is 0 Å². The van der Waals surface area contributed by atoms with E-state index in [1.54, 1.807) is 0 Å². The van der Waals surface area contributed by atoms with E-state index in [-0.39, 0.29) is 12.1 Å². The van der Waals surface area contributed by atoms with E-state index in [9.17, 15) is 79.4 Å². The van der Waals surface area contributed by atoms with Crippen molar-refractivity contribution in [3.63, 3.8) is 0 Å². The zero-order valence-electron chi connectivity index (χ0n) is 18.4. The van der Waals surface area contributed by atoms with Crippen LogP contribution in [-0.4, -0.2) is 57.1 Å². The van der Waals surface area contributed by atoms with Crippen molar-refractivity contribution < 1.29 is 68.6 Å². The first-order valence-corrected chi connectivity index (χ1v) is 9.78. The maximum Gasteiger partial charge on any atom is 0.460 e. The molecule has 0 aliphatic heterocycles. The molecule has 0 amide bonds. The van der Waals surface area contributed by atoms with Crippen LogP contribution >= 0.6 is 0 Å². The SMILES string of the molecule is O=C(OCC(F)(F)C(F)(F)C(F)(F)C(F)(F)F)c1cc([N+](=O)[O-])cc2c1-c1c(cc([N+](=O)[O-])cc1[N+](=O)[O-])C2=O. The number of ketones is 1. The molecule has 1 aliphatic rings. The largest absolute Gasteiger partial charge is 0.460 e. The summed E-state index contributed by atoms with van der Waals surface area (Å²) >= 11 is 0. The van der Waals surface area contributed by atoms with Crippen molar-refractivity contribution in [3.05, 3.63) is 71.3 Å². The standard InChI is InChI=1S/C19H6F9N3O9/c20-16(21,17(22,23)18(24,25)19(26,27)28)5-40-15(33)10-3-6(29(34)35)1-8-12(10)13-9(14(8)32)2-7(30(36)37)4-11(13)31(38)39/h1-4H,5H2. The summed E-state index contributed by atoms with van der Waals surface area (Å²) in [5.74, 6) is -24.7. The molecule has 3 rings (SSSR count). The second kappa shape index (κ2) is 9.12. The predicted octanol–water partition coefficient (Wildman–Crippen LogP) is 5.25. The van der Waals surface area contributed by atoms with E-state index in [2.05, 4.69) is 4.74 Å². The van der Waals surface area contributed by atoms with Gasteiger partial charge in [0, 0.05) is 34.9 Å². The fourth-order valence-corrected chi connectivity index (χ4v) is 3.52. The lowest BCUT2D eigenvalue weighted by Gasteiger charge is -2.33. The summed E-state index contributed by atoms with van der Waals surface area (Å²) in [4.78, 5) is 55.5. The molecule has 0 spiro atoms. The molecule has 12 nitrogen and oxygen atoms in total. The third kappa shape index (κ3) is 4.41. The van der Waals surface area contributed by atoms with Crippen LogP contribution in [0, 0.1) is 30.3 Å². The van der Waals surface area contributed by atoms with Crippen molar-refractivity contribution in [1.29, 1.82) is 0 Å². The smallest absolute Gasteiger partial charge is 0.455 e. The Morgan fingerprint density at radius 2 is 1.20 bits per heavy atom. The minimum absolute atomic E-state index is 0.148. The highest BCUT2D eigenvalue weighted by Crippen LogP contribution is 2.53. The molecular formula is C19H6F9N3O9. The number of halogens is 9. The number of nitro groups is 3. The van der Waals surface area contributed by atoms with Crippen LogP contribution < -0.4 is 0 Å². The summed E-state index contributed by atoms with van der Waals surface area (Å²) < 4.78 is 122. The van der Waals surface area contributed by atoms with Crippen LogP contribution in [0.1, 0.15) is 26.3 Å². The number of carbonyl (C=O) groups excluding carboxylic acids is 2. The summed E-state index contributed by atoms with van der Waals surface area (Å²) in [5.41, 5.74) is -8.63. The molecule has 0 fully saturated rings. The van der Waals surface area contributed by atoms with E-state index >= 15 is 0 Å². The van der Waals surface area contributed by atoms with Crippen LogP contribution in [0.2, 0.25) is 0 Å². The average molecular weight is 591 g/mol. The fourth-order valence-electron chi connectivity index (χ4n) is 3.52. The fraction of sp³-hybridized carbons (Fsp3) is 0.263. The number of benzene rings is 2. The van der Waals surface area contributed by atoms with Gasteiger partial charge in [0.05, 0.1) is 32.0 Å². The molecule has 0 saturated carbocycles. The molecule has 0 unspecified atom stereocenters. The number of non-ortho nitro benzene ring substituents is 2. The predicted molar refractivity (Wildman–Crippen MR) is 106 cm³/mol. The Morgan fingerprint density at radius 1 is 0.725 bits per heavy atom. The summed E-state index contributed by atoms with van der Waals surface area (Å²) in [6, 6.07) is 1.30. The maximum atomic E-state index is 13.9. The monoisotopic (exact) mass is 591 g/mol. The van der Waals surface area contributed by atoms with Gasteiger partial charge in [0.2, 0.25) is 0 Å². The van der Waals surface area contributed by atoms with Gasteiger partial charge in [0.25, 0.3) is 17.1 Å². The number of carbonyl (C=O) groups is 2. The number of esters is 1. The van der Waals surface area contributed by atoms with Crippen molar-refractivity contribution >= 4 is 28.8 Å². The summed E-state index contributed by atoms with van der Waals surface area (Å²) in [6.45, 7) is -3.16. The van der Waals surface area contributed by atoms with E-state index in [0.29, 0.717) is 12.1 Å². The van der Waals surface area contributed by atoms with Crippen molar-refractivity contribution in [2.75, 3.05) is 6.61 Å². The number of alkyl halides is 9. The van der Waals surface area contributed by atoms with E-state index in [1.165, 1.54) is 0 Å². The Labute approximate surface area is 211 Å². The molecule has 214 valence electrons. The van der Waals surface area contributed by atoms with E-state index in [0.717, 1.165) is 0 Å². The van der Waals surface area contributed by atoms with Gasteiger partial charge in [-0.15, -0.1) is 0 Å². The molecule has 0 saturated heterocycles. The Morgan fingerprint density at radius 3 is 1.65 bits per heavy atom. The lowest BCUT2D eigenvalue weighted by Crippen LogP contribution is -2.62. The Bertz CT molecular complexity index is 1510. The molecule has 1 aliphatic carbocycles. The summed E-state index contributed by atoms with van der Waals surface area (Å²) in [6.07, 6.45) is -7.18. The zero-order chi connectivity index (χ0) is 30.7. The van der Waals surface area contributed by atoms with Crippen LogP contribution in [0.3, 0.4) is 0 Å². The van der Waals surface area contributed by atoms with Gasteiger partial charge in [0.1, 0.15) is 0 Å². The number of nitrogens with zero attached hydrogens (tertiary/aromatic N) is 3. The number of fused-ring (bicyclic) bond motifs is 3. The second-order valence-electron chi connectivity index (χ2n) is 7.83. The van der Waals surface area contributed by atoms with Gasteiger partial charge in [-0.1, -0.05) is 0 Å². The van der Waals surface area contributed by atoms with Crippen LogP contribution in [0.25, 0.3) is 11.1 Å². The topological polar surface area (TPSA) is 173 Å². The van der Waals surface area contributed by atoms with E-state index < -0.39 is 102 Å². The van der Waals surface area contributed by atoms with Crippen molar-refractivity contribution in [2.45, 2.75) is 23.9 Å². The van der Waals surface area contributed by atoms with Crippen molar-refractivity contribution in [2.24, 2.45) is 0 Å². The minimum atomic E-state index is -7.33. The first-order chi connectivity index (χ1) is 18.1. The van der Waals surface area contributed by atoms with Crippen molar-refractivity contribution in [3.8, 4) is 11.1 Å². The Kier molecular flexibility index (Phi) is 6.77. The highest BCUT2D eigenvalue weighted by atomic mass is 19.4. The first-order valence-electron chi connectivity index (χ1n) is 9.78. The van der Waals surface area contributed by atoms with Gasteiger partial charge in [-0.25, -0.2) is 4.79 Å². The molecule has 0 heterocycles. The molecule has 2 aromatic rings. The maximum absolute atomic E-state index is 13.9. The highest BCUT2D eigenvalue weighted by molar-refractivity contribution is 6.26. The van der Waals surface area contributed by atoms with Crippen LogP contribution in [-0.2, 0) is 4.74 Å². The number of hydrogen-bond donors (Lipinski definition) is 0. The molecule has 0 bridgehead atoms. The first kappa shape index (κ1) is 29.7. The van der Waals surface area contributed by atoms with Crippen LogP contribution in [0.15, 0.2) is 24.3 Å². The van der Waals surface area contributed by atoms with E-state index in [1.807, 2.05) is 0 Å². The lowest BCUT2D eigenvalue weighted by molar-refractivity contribution is -0.398. The average Bonchev–Trinajstić information content (AvgIpc) is 3.12. The third-order valence-corrected chi connectivity index (χ3v) is 5.40. The van der Waals surface area contributed by atoms with Gasteiger partial charge < -0.3 is 4.74 Å². The molecule has 2 aromatic carbocycles. The molecule has 0 radical (unpaired) electrons. The zero-order valence-corrected chi connectivity index (χ0v) is 18.4. The molecule has 0 N–H and O–H groups in total. The second-order valence-corrected chi connectivity index (χ2v) is 7.83. The quantitative estimate of drug-likeness (QED) is 0.147. The van der Waals surface area contributed by atoms with Gasteiger partial charge in [0.15, 0.2) is 12.4 Å². The van der Waals surface area contributed by atoms with Crippen LogP contribution in [0.4, 0.5) is 56.6 Å². The normalized spacial score (nSPS) is 13.5. The van der Waals surface area contributed by atoms with E-state index in [4.69, 9.17) is 0 Å². The number of ether oxygens (including phenoxy) is 1. The summed E-state index contributed by atoms with van der Waals surface area (Å²) in [7, 11) is 0. The van der Waals surface area contributed by atoms with Gasteiger partial charge in [-0.3, -0.25) is 35.1 Å². The molecule has 0 aromatic heterocycles. The molecular weight excluding hydrogens is 585 g/mol. The Hall–Kier alpha value is -4.85. The molecule has 40 heavy (non-hydrogen) atoms. The highest BCUT2D eigenvalue weighted by Gasteiger charge is 2.82. The minimum Gasteiger partial charge on any atom is -0.455 e.